The second-order valence-corrected chi connectivity index (χ2v) is 5.26. The van der Waals surface area contributed by atoms with Gasteiger partial charge in [0.2, 0.25) is 5.89 Å². The van der Waals surface area contributed by atoms with Crippen molar-refractivity contribution in [3.05, 3.63) is 42.6 Å². The summed E-state index contributed by atoms with van der Waals surface area (Å²) in [6.07, 6.45) is 1.69. The highest BCUT2D eigenvalue weighted by Gasteiger charge is 2.12. The first-order chi connectivity index (χ1) is 11.7. The highest BCUT2D eigenvalue weighted by molar-refractivity contribution is 5.91. The first kappa shape index (κ1) is 15.9. The van der Waals surface area contributed by atoms with E-state index in [4.69, 9.17) is 9.15 Å². The molecule has 0 aliphatic carbocycles. The van der Waals surface area contributed by atoms with E-state index in [1.54, 1.807) is 43.5 Å². The number of nitrogens with zero attached hydrogens (tertiary/aromatic N) is 3. The fourth-order valence-electron chi connectivity index (χ4n) is 2.15. The number of aromatic nitrogens is 2. The number of ether oxygens (including phenoxy) is 1. The zero-order valence-electron chi connectivity index (χ0n) is 13.5. The van der Waals surface area contributed by atoms with Crippen LogP contribution in [0, 0.1) is 0 Å². The number of urea groups is 1. The summed E-state index contributed by atoms with van der Waals surface area (Å²) in [5.74, 6) is 0.450. The third kappa shape index (κ3) is 3.52. The second kappa shape index (κ2) is 7.10. The van der Waals surface area contributed by atoms with Gasteiger partial charge in [-0.1, -0.05) is 6.07 Å². The summed E-state index contributed by atoms with van der Waals surface area (Å²) in [6.45, 7) is 0.995. The molecule has 3 rings (SSSR count). The fraction of sp³-hybridized carbons (Fsp3) is 0.235. The molecule has 2 amide bonds. The number of methoxy groups -OCH3 is 1. The molecule has 0 unspecified atom stereocenters. The lowest BCUT2D eigenvalue weighted by Gasteiger charge is -2.17. The zero-order chi connectivity index (χ0) is 16.9. The van der Waals surface area contributed by atoms with Crippen molar-refractivity contribution in [2.24, 2.45) is 0 Å². The fourth-order valence-corrected chi connectivity index (χ4v) is 2.15. The first-order valence-electron chi connectivity index (χ1n) is 7.50. The number of hydrogen-bond acceptors (Lipinski definition) is 5. The maximum absolute atomic E-state index is 12.1. The molecule has 0 fully saturated rings. The van der Waals surface area contributed by atoms with Crippen LogP contribution in [0.15, 0.2) is 47.0 Å². The topological polar surface area (TPSA) is 80.5 Å². The van der Waals surface area contributed by atoms with Crippen LogP contribution in [0.1, 0.15) is 0 Å². The standard InChI is InChI=1S/C17H18N4O3/c1-21(9-10-23-2)17(22)19-12-6-7-13-15(11-12)24-16(20-13)14-5-3-4-8-18-14/h3-8,11H,9-10H2,1-2H3,(H,19,22). The number of fused-ring (bicyclic) bond motifs is 1. The van der Waals surface area contributed by atoms with Crippen LogP contribution >= 0.6 is 0 Å². The van der Waals surface area contributed by atoms with Crippen molar-refractivity contribution in [1.82, 2.24) is 14.9 Å². The van der Waals surface area contributed by atoms with Gasteiger partial charge in [0.05, 0.1) is 6.61 Å². The van der Waals surface area contributed by atoms with Gasteiger partial charge in [-0.15, -0.1) is 0 Å². The van der Waals surface area contributed by atoms with Gasteiger partial charge in [-0.25, -0.2) is 9.78 Å². The first-order valence-corrected chi connectivity index (χ1v) is 7.50. The Morgan fingerprint density at radius 3 is 2.96 bits per heavy atom. The Hall–Kier alpha value is -2.93. The zero-order valence-corrected chi connectivity index (χ0v) is 13.5. The van der Waals surface area contributed by atoms with Gasteiger partial charge >= 0.3 is 6.03 Å². The van der Waals surface area contributed by atoms with E-state index in [1.807, 2.05) is 18.2 Å². The Labute approximate surface area is 139 Å². The van der Waals surface area contributed by atoms with E-state index in [9.17, 15) is 4.79 Å². The number of anilines is 1. The molecule has 7 nitrogen and oxygen atoms in total. The van der Waals surface area contributed by atoms with Gasteiger partial charge in [0, 0.05) is 38.7 Å². The molecule has 0 radical (unpaired) electrons. The number of likely N-dealkylation sites (N-methyl/N-ethyl adjacent to an activating group) is 1. The average Bonchev–Trinajstić information content (AvgIpc) is 3.03. The maximum Gasteiger partial charge on any atom is 0.321 e. The number of rotatable bonds is 5. The summed E-state index contributed by atoms with van der Waals surface area (Å²) in [4.78, 5) is 22.3. The van der Waals surface area contributed by atoms with Gasteiger partial charge in [-0.05, 0) is 24.3 Å². The average molecular weight is 326 g/mol. The molecule has 0 aliphatic rings. The number of pyridine rings is 1. The molecule has 0 saturated carbocycles. The predicted octanol–water partition coefficient (Wildman–Crippen LogP) is 3.00. The summed E-state index contributed by atoms with van der Waals surface area (Å²) in [7, 11) is 3.31. The molecule has 3 aromatic rings. The molecule has 1 aromatic carbocycles. The van der Waals surface area contributed by atoms with E-state index >= 15 is 0 Å². The molecule has 1 N–H and O–H groups in total. The lowest BCUT2D eigenvalue weighted by Crippen LogP contribution is -2.33. The van der Waals surface area contributed by atoms with Crippen molar-refractivity contribution in [2.75, 3.05) is 32.6 Å². The maximum atomic E-state index is 12.1. The van der Waals surface area contributed by atoms with E-state index in [0.29, 0.717) is 41.5 Å². The molecule has 7 heteroatoms. The summed E-state index contributed by atoms with van der Waals surface area (Å²) in [6, 6.07) is 10.7. The molecule has 0 atom stereocenters. The van der Waals surface area contributed by atoms with Crippen molar-refractivity contribution < 1.29 is 13.9 Å². The Balaban J connectivity index is 1.78. The van der Waals surface area contributed by atoms with Crippen LogP contribution in [0.25, 0.3) is 22.7 Å². The Morgan fingerprint density at radius 2 is 2.21 bits per heavy atom. The number of carbonyl (C=O) groups excluding carboxylic acids is 1. The Bertz CT molecular complexity index is 832. The van der Waals surface area contributed by atoms with E-state index in [0.717, 1.165) is 0 Å². The van der Waals surface area contributed by atoms with Crippen LogP contribution in [0.4, 0.5) is 10.5 Å². The molecule has 124 valence electrons. The monoisotopic (exact) mass is 326 g/mol. The molecule has 2 heterocycles. The van der Waals surface area contributed by atoms with Gasteiger partial charge in [0.1, 0.15) is 11.2 Å². The quantitative estimate of drug-likeness (QED) is 0.779. The van der Waals surface area contributed by atoms with Crippen molar-refractivity contribution in [1.29, 1.82) is 0 Å². The van der Waals surface area contributed by atoms with E-state index in [1.165, 1.54) is 0 Å². The van der Waals surface area contributed by atoms with Gasteiger partial charge in [-0.3, -0.25) is 4.98 Å². The summed E-state index contributed by atoms with van der Waals surface area (Å²) < 4.78 is 10.7. The lowest BCUT2D eigenvalue weighted by molar-refractivity contribution is 0.165. The van der Waals surface area contributed by atoms with Gasteiger partial charge in [0.15, 0.2) is 5.58 Å². The van der Waals surface area contributed by atoms with E-state index in [-0.39, 0.29) is 6.03 Å². The minimum atomic E-state index is -0.212. The molecular formula is C17H18N4O3. The summed E-state index contributed by atoms with van der Waals surface area (Å²) >= 11 is 0. The number of carbonyl (C=O) groups is 1. The van der Waals surface area contributed by atoms with Crippen LogP contribution in [-0.4, -0.2) is 48.2 Å². The number of nitrogens with one attached hydrogen (secondary N) is 1. The number of amides is 2. The summed E-state index contributed by atoms with van der Waals surface area (Å²) in [5.41, 5.74) is 2.61. The van der Waals surface area contributed by atoms with Gasteiger partial charge in [0.25, 0.3) is 0 Å². The molecule has 0 spiro atoms. The Kier molecular flexibility index (Phi) is 4.72. The van der Waals surface area contributed by atoms with Crippen LogP contribution in [0.3, 0.4) is 0 Å². The highest BCUT2D eigenvalue weighted by atomic mass is 16.5. The molecule has 24 heavy (non-hydrogen) atoms. The van der Waals surface area contributed by atoms with E-state index in [2.05, 4.69) is 15.3 Å². The smallest absolute Gasteiger partial charge is 0.321 e. The van der Waals surface area contributed by atoms with E-state index < -0.39 is 0 Å². The Morgan fingerprint density at radius 1 is 1.33 bits per heavy atom. The third-order valence-corrected chi connectivity index (χ3v) is 3.50. The molecular weight excluding hydrogens is 308 g/mol. The van der Waals surface area contributed by atoms with Crippen molar-refractivity contribution in [3.63, 3.8) is 0 Å². The second-order valence-electron chi connectivity index (χ2n) is 5.26. The molecule has 0 aliphatic heterocycles. The largest absolute Gasteiger partial charge is 0.435 e. The number of hydrogen-bond donors (Lipinski definition) is 1. The molecule has 0 bridgehead atoms. The van der Waals surface area contributed by atoms with Crippen molar-refractivity contribution >= 4 is 22.8 Å². The normalized spacial score (nSPS) is 10.8. The van der Waals surface area contributed by atoms with Gasteiger partial charge in [-0.2, -0.15) is 0 Å². The van der Waals surface area contributed by atoms with Crippen molar-refractivity contribution in [3.8, 4) is 11.6 Å². The summed E-state index contributed by atoms with van der Waals surface area (Å²) in [5, 5.41) is 2.82. The SMILES string of the molecule is COCCN(C)C(=O)Nc1ccc2nc(-c3ccccn3)oc2c1. The molecule has 0 saturated heterocycles. The third-order valence-electron chi connectivity index (χ3n) is 3.50. The van der Waals surface area contributed by atoms with Crippen LogP contribution in [0.5, 0.6) is 0 Å². The van der Waals surface area contributed by atoms with Crippen LogP contribution < -0.4 is 5.32 Å². The van der Waals surface area contributed by atoms with Crippen LogP contribution in [-0.2, 0) is 4.74 Å². The van der Waals surface area contributed by atoms with Crippen LogP contribution in [0.2, 0.25) is 0 Å². The lowest BCUT2D eigenvalue weighted by atomic mass is 10.3. The number of oxazole rings is 1. The van der Waals surface area contributed by atoms with Gasteiger partial charge < -0.3 is 19.4 Å². The minimum Gasteiger partial charge on any atom is -0.435 e. The highest BCUT2D eigenvalue weighted by Crippen LogP contribution is 2.25. The number of benzene rings is 1. The predicted molar refractivity (Wildman–Crippen MR) is 90.8 cm³/mol. The molecule has 2 aromatic heterocycles. The van der Waals surface area contributed by atoms with Crippen molar-refractivity contribution in [2.45, 2.75) is 0 Å². The minimum absolute atomic E-state index is 0.212.